The number of rotatable bonds is 7. The minimum Gasteiger partial charge on any atom is -0.369 e. The number of imidazole rings is 1. The molecule has 0 aliphatic carbocycles. The summed E-state index contributed by atoms with van der Waals surface area (Å²) >= 11 is 8.25. The minimum absolute atomic E-state index is 0.0490. The van der Waals surface area contributed by atoms with Crippen molar-refractivity contribution >= 4 is 54.7 Å². The zero-order valence-corrected chi connectivity index (χ0v) is 17.7. The molecule has 2 aromatic rings. The number of aromatic amines is 1. The van der Waals surface area contributed by atoms with E-state index in [-0.39, 0.29) is 30.1 Å². The molecule has 0 aromatic carbocycles. The molecule has 1 fully saturated rings. The molecule has 3 rings (SSSR count). The van der Waals surface area contributed by atoms with Crippen LogP contribution in [0.1, 0.15) is 12.6 Å². The number of thiol groups is 1. The highest BCUT2D eigenvalue weighted by molar-refractivity contribution is 8.44. The van der Waals surface area contributed by atoms with Crippen LogP contribution in [-0.4, -0.2) is 55.2 Å². The summed E-state index contributed by atoms with van der Waals surface area (Å²) in [4.78, 5) is 40.9. The van der Waals surface area contributed by atoms with Crippen molar-refractivity contribution in [2.75, 3.05) is 19.5 Å². The topological polar surface area (TPSA) is 184 Å². The maximum absolute atomic E-state index is 12.1. The number of anilines is 1. The molecular formula is C11H17N5O8P2S2. The van der Waals surface area contributed by atoms with Gasteiger partial charge in [-0.3, -0.25) is 18.9 Å². The molecule has 1 unspecified atom stereocenters. The van der Waals surface area contributed by atoms with Crippen LogP contribution in [0.15, 0.2) is 11.1 Å². The van der Waals surface area contributed by atoms with E-state index in [0.717, 1.165) is 7.11 Å². The first-order valence-electron chi connectivity index (χ1n) is 7.64. The molecule has 17 heteroatoms. The Morgan fingerprint density at radius 2 is 2.29 bits per heavy atom. The van der Waals surface area contributed by atoms with E-state index in [9.17, 15) is 19.1 Å². The molecule has 3 heterocycles. The first-order valence-corrected chi connectivity index (χ1v) is 13.0. The fraction of sp³-hybridized carbons (Fsp3) is 0.545. The van der Waals surface area contributed by atoms with E-state index in [1.54, 1.807) is 0 Å². The van der Waals surface area contributed by atoms with Crippen molar-refractivity contribution in [1.29, 1.82) is 0 Å². The van der Waals surface area contributed by atoms with Crippen molar-refractivity contribution in [1.82, 2.24) is 19.5 Å². The predicted molar refractivity (Wildman–Crippen MR) is 104 cm³/mol. The van der Waals surface area contributed by atoms with E-state index in [1.807, 2.05) is 0 Å². The van der Waals surface area contributed by atoms with Crippen LogP contribution < -0.4 is 11.3 Å². The third-order valence-electron chi connectivity index (χ3n) is 3.85. The van der Waals surface area contributed by atoms with Gasteiger partial charge in [-0.2, -0.15) is 4.98 Å². The third kappa shape index (κ3) is 5.00. The van der Waals surface area contributed by atoms with Crippen LogP contribution >= 0.6 is 25.8 Å². The lowest BCUT2D eigenvalue weighted by Gasteiger charge is -2.21. The molecule has 2 aromatic heterocycles. The molecule has 13 nitrogen and oxygen atoms in total. The normalized spacial score (nSPS) is 25.2. The van der Waals surface area contributed by atoms with Gasteiger partial charge in [-0.05, 0) is 11.8 Å². The molecule has 5 N–H and O–H groups in total. The molecule has 0 spiro atoms. The van der Waals surface area contributed by atoms with Gasteiger partial charge in [0.15, 0.2) is 11.2 Å². The predicted octanol–water partition coefficient (Wildman–Crippen LogP) is 0.284. The van der Waals surface area contributed by atoms with Crippen LogP contribution in [0.3, 0.4) is 0 Å². The van der Waals surface area contributed by atoms with Crippen molar-refractivity contribution in [3.8, 4) is 0 Å². The molecule has 4 atom stereocenters. The summed E-state index contributed by atoms with van der Waals surface area (Å²) < 4.78 is 34.3. The van der Waals surface area contributed by atoms with Gasteiger partial charge >= 0.3 is 13.5 Å². The fourth-order valence-electron chi connectivity index (χ4n) is 2.67. The highest BCUT2D eigenvalue weighted by Gasteiger charge is 2.42. The van der Waals surface area contributed by atoms with Crippen LogP contribution in [0.4, 0.5) is 5.95 Å². The number of aromatic nitrogens is 4. The summed E-state index contributed by atoms with van der Waals surface area (Å²) in [5.41, 5.74) is 5.28. The molecule has 28 heavy (non-hydrogen) atoms. The summed E-state index contributed by atoms with van der Waals surface area (Å²) in [6, 6.07) is 0. The number of hydrogen-bond acceptors (Lipinski definition) is 10. The number of nitrogens with two attached hydrogens (primary N) is 1. The summed E-state index contributed by atoms with van der Waals surface area (Å²) in [6.07, 6.45) is -1.10. The van der Waals surface area contributed by atoms with E-state index in [0.29, 0.717) is 0 Å². The van der Waals surface area contributed by atoms with Crippen molar-refractivity contribution in [3.05, 3.63) is 16.7 Å². The molecule has 1 aliphatic rings. The van der Waals surface area contributed by atoms with Gasteiger partial charge in [0, 0.05) is 13.5 Å². The second-order valence-corrected chi connectivity index (χ2v) is 11.4. The Morgan fingerprint density at radius 3 is 2.93 bits per heavy atom. The molecular weight excluding hydrogens is 456 g/mol. The summed E-state index contributed by atoms with van der Waals surface area (Å²) in [5.74, 6) is -0.106. The van der Waals surface area contributed by atoms with Crippen LogP contribution in [-0.2, 0) is 34.7 Å². The average Bonchev–Trinajstić information content (AvgIpc) is 3.16. The third-order valence-corrected chi connectivity index (χ3v) is 6.42. The molecule has 156 valence electrons. The van der Waals surface area contributed by atoms with Gasteiger partial charge in [0.25, 0.3) is 5.56 Å². The van der Waals surface area contributed by atoms with Crippen molar-refractivity contribution in [2.45, 2.75) is 24.9 Å². The highest BCUT2D eigenvalue weighted by atomic mass is 32.7. The lowest BCUT2D eigenvalue weighted by atomic mass is 10.2. The number of fused-ring (bicyclic) bond motifs is 1. The first kappa shape index (κ1) is 21.8. The maximum atomic E-state index is 12.1. The van der Waals surface area contributed by atoms with Crippen molar-refractivity contribution in [2.24, 2.45) is 0 Å². The van der Waals surface area contributed by atoms with E-state index >= 15 is 0 Å². The quantitative estimate of drug-likeness (QED) is 0.274. The summed E-state index contributed by atoms with van der Waals surface area (Å²) in [7, 11) is 1.16. The second kappa shape index (κ2) is 8.11. The number of nitrogens with one attached hydrogen (secondary N) is 1. The second-order valence-electron chi connectivity index (χ2n) is 5.72. The van der Waals surface area contributed by atoms with Gasteiger partial charge in [-0.25, -0.2) is 9.55 Å². The van der Waals surface area contributed by atoms with Gasteiger partial charge in [0.1, 0.15) is 18.4 Å². The van der Waals surface area contributed by atoms with Crippen molar-refractivity contribution in [3.63, 3.8) is 0 Å². The molecule has 0 bridgehead atoms. The van der Waals surface area contributed by atoms with Crippen LogP contribution in [0.5, 0.6) is 0 Å². The summed E-state index contributed by atoms with van der Waals surface area (Å²) in [5, 5.41) is 0. The Morgan fingerprint density at radius 1 is 1.57 bits per heavy atom. The first-order chi connectivity index (χ1) is 13.0. The highest BCUT2D eigenvalue weighted by Crippen LogP contribution is 2.55. The van der Waals surface area contributed by atoms with E-state index in [1.165, 1.54) is 10.9 Å². The van der Waals surface area contributed by atoms with Crippen LogP contribution in [0.25, 0.3) is 11.2 Å². The SMILES string of the molecule is COP(=O)(S)O[C@@H]1C[C@H](n2cnc3c(=O)[nH]c(N)nc32)O[C@@H]1COP(O)(O)=S. The largest absolute Gasteiger partial charge is 0.386 e. The average molecular weight is 473 g/mol. The summed E-state index contributed by atoms with van der Waals surface area (Å²) in [6.45, 7) is -8.00. The van der Waals surface area contributed by atoms with Gasteiger partial charge in [0.2, 0.25) is 5.95 Å². The number of H-pyrrole nitrogens is 1. The van der Waals surface area contributed by atoms with Crippen LogP contribution in [0.2, 0.25) is 0 Å². The van der Waals surface area contributed by atoms with Gasteiger partial charge < -0.3 is 29.3 Å². The Hall–Kier alpha value is -0.860. The van der Waals surface area contributed by atoms with Gasteiger partial charge in [-0.1, -0.05) is 12.2 Å². The van der Waals surface area contributed by atoms with E-state index in [2.05, 4.69) is 39.0 Å². The molecule has 0 radical (unpaired) electrons. The minimum atomic E-state index is -3.95. The Balaban J connectivity index is 1.90. The Labute approximate surface area is 168 Å². The van der Waals surface area contributed by atoms with Crippen LogP contribution in [0, 0.1) is 0 Å². The number of nitrogens with zero attached hydrogens (tertiary/aromatic N) is 3. The molecule has 1 aliphatic heterocycles. The van der Waals surface area contributed by atoms with E-state index < -0.39 is 37.5 Å². The smallest absolute Gasteiger partial charge is 0.369 e. The Bertz CT molecular complexity index is 1020. The molecule has 0 saturated carbocycles. The Kier molecular flexibility index (Phi) is 6.32. The fourth-order valence-corrected chi connectivity index (χ4v) is 4.21. The monoisotopic (exact) mass is 473 g/mol. The molecule has 1 saturated heterocycles. The number of hydrogen-bond donors (Lipinski definition) is 5. The standard InChI is InChI=1S/C11H17N5O8P2S2/c1-21-26(20,28)24-5-2-7(23-6(5)3-22-25(18,19)27)16-4-13-8-9(16)14-11(12)15-10(8)17/h4-7H,2-3H2,1H3,(H,20,28)(H2,18,19,27)(H3,12,14,15,17)/t5-,6-,7-,26?/m1/s1. The van der Waals surface area contributed by atoms with Gasteiger partial charge in [0.05, 0.1) is 12.9 Å². The zero-order chi connectivity index (χ0) is 20.7. The van der Waals surface area contributed by atoms with Crippen molar-refractivity contribution < 1.29 is 32.7 Å². The number of ether oxygens (including phenoxy) is 1. The zero-order valence-electron chi connectivity index (χ0n) is 14.2. The lowest BCUT2D eigenvalue weighted by Crippen LogP contribution is -2.27. The van der Waals surface area contributed by atoms with Gasteiger partial charge in [-0.15, -0.1) is 0 Å². The lowest BCUT2D eigenvalue weighted by molar-refractivity contribution is -0.0368. The van der Waals surface area contributed by atoms with E-state index in [4.69, 9.17) is 24.0 Å². The number of nitrogen functional groups attached to an aromatic ring is 1. The maximum Gasteiger partial charge on any atom is 0.386 e. The molecule has 0 amide bonds.